The lowest BCUT2D eigenvalue weighted by molar-refractivity contribution is -0.389. The number of hydrogen-bond acceptors (Lipinski definition) is 5. The van der Waals surface area contributed by atoms with E-state index in [1.165, 1.54) is 4.40 Å². The van der Waals surface area contributed by atoms with Crippen LogP contribution in [0.2, 0.25) is 5.15 Å². The lowest BCUT2D eigenvalue weighted by Gasteiger charge is -2.24. The summed E-state index contributed by atoms with van der Waals surface area (Å²) in [5.74, 6) is 0.806. The number of nitrogens with zero attached hydrogens (tertiary/aromatic N) is 6. The Labute approximate surface area is 167 Å². The standard InChI is InChI=1S/C19H23ClN6O2/c1-12(2)11-25-17(20)16(13(3)22-25)14-7-6-10-23(14)18-19(26(27)28)24-9-5-4-8-15(24)21-18/h4-5,8-9,12,14H,6-7,10-11H2,1-3H3. The fourth-order valence-electron chi connectivity index (χ4n) is 4.07. The predicted molar refractivity (Wildman–Crippen MR) is 108 cm³/mol. The third kappa shape index (κ3) is 3.01. The number of aromatic nitrogens is 4. The molecule has 0 aromatic carbocycles. The molecule has 0 amide bonds. The molecule has 4 heterocycles. The summed E-state index contributed by atoms with van der Waals surface area (Å²) in [6, 6.07) is 5.30. The average Bonchev–Trinajstić information content (AvgIpc) is 3.30. The molecule has 0 N–H and O–H groups in total. The van der Waals surface area contributed by atoms with Gasteiger partial charge in [0.05, 0.1) is 17.9 Å². The van der Waals surface area contributed by atoms with Crippen molar-refractivity contribution in [3.8, 4) is 0 Å². The third-order valence-corrected chi connectivity index (χ3v) is 5.56. The number of halogens is 1. The molecule has 9 heteroatoms. The molecule has 0 radical (unpaired) electrons. The predicted octanol–water partition coefficient (Wildman–Crippen LogP) is 4.40. The number of hydrogen-bond donors (Lipinski definition) is 0. The van der Waals surface area contributed by atoms with E-state index in [0.717, 1.165) is 30.6 Å². The van der Waals surface area contributed by atoms with Crippen LogP contribution in [0.3, 0.4) is 0 Å². The van der Waals surface area contributed by atoms with Crippen LogP contribution in [0.25, 0.3) is 5.65 Å². The Morgan fingerprint density at radius 3 is 2.89 bits per heavy atom. The van der Waals surface area contributed by atoms with Crippen molar-refractivity contribution in [2.45, 2.75) is 46.2 Å². The highest BCUT2D eigenvalue weighted by atomic mass is 35.5. The number of imidazole rings is 1. The van der Waals surface area contributed by atoms with E-state index in [0.29, 0.717) is 29.1 Å². The molecule has 148 valence electrons. The number of nitro groups is 1. The van der Waals surface area contributed by atoms with Gasteiger partial charge in [0.1, 0.15) is 5.15 Å². The van der Waals surface area contributed by atoms with E-state index in [4.69, 9.17) is 11.6 Å². The van der Waals surface area contributed by atoms with Gasteiger partial charge in [-0.15, -0.1) is 0 Å². The van der Waals surface area contributed by atoms with Crippen molar-refractivity contribution in [3.05, 3.63) is 50.9 Å². The number of aryl methyl sites for hydroxylation is 1. The van der Waals surface area contributed by atoms with Crippen molar-refractivity contribution >= 4 is 28.9 Å². The van der Waals surface area contributed by atoms with Gasteiger partial charge < -0.3 is 15.0 Å². The Balaban J connectivity index is 1.81. The fraction of sp³-hybridized carbons (Fsp3) is 0.474. The zero-order chi connectivity index (χ0) is 20.0. The quantitative estimate of drug-likeness (QED) is 0.466. The van der Waals surface area contributed by atoms with Crippen molar-refractivity contribution in [3.63, 3.8) is 0 Å². The summed E-state index contributed by atoms with van der Waals surface area (Å²) >= 11 is 6.70. The first-order chi connectivity index (χ1) is 13.4. The lowest BCUT2D eigenvalue weighted by Crippen LogP contribution is -2.24. The van der Waals surface area contributed by atoms with Crippen molar-refractivity contribution in [2.24, 2.45) is 5.92 Å². The van der Waals surface area contributed by atoms with Crippen LogP contribution in [0.5, 0.6) is 0 Å². The summed E-state index contributed by atoms with van der Waals surface area (Å²) in [7, 11) is 0. The molecular formula is C19H23ClN6O2. The van der Waals surface area contributed by atoms with Gasteiger partial charge in [-0.05, 0) is 36.7 Å². The summed E-state index contributed by atoms with van der Waals surface area (Å²) in [4.78, 5) is 18.1. The van der Waals surface area contributed by atoms with E-state index in [2.05, 4.69) is 23.9 Å². The van der Waals surface area contributed by atoms with E-state index in [-0.39, 0.29) is 16.8 Å². The smallest absolute Gasteiger partial charge is 0.358 e. The summed E-state index contributed by atoms with van der Waals surface area (Å²) < 4.78 is 3.37. The molecule has 1 aliphatic heterocycles. The average molecular weight is 403 g/mol. The molecule has 3 aromatic rings. The van der Waals surface area contributed by atoms with Crippen molar-refractivity contribution < 1.29 is 4.92 Å². The molecule has 0 spiro atoms. The first kappa shape index (κ1) is 18.7. The largest absolute Gasteiger partial charge is 0.372 e. The molecule has 0 saturated carbocycles. The van der Waals surface area contributed by atoms with Gasteiger partial charge in [-0.25, -0.2) is 0 Å². The summed E-state index contributed by atoms with van der Waals surface area (Å²) in [6.07, 6.45) is 3.45. The van der Waals surface area contributed by atoms with Crippen LogP contribution in [0, 0.1) is 23.0 Å². The zero-order valence-electron chi connectivity index (χ0n) is 16.2. The molecule has 1 saturated heterocycles. The minimum Gasteiger partial charge on any atom is -0.358 e. The lowest BCUT2D eigenvalue weighted by atomic mass is 10.1. The zero-order valence-corrected chi connectivity index (χ0v) is 16.9. The highest BCUT2D eigenvalue weighted by Crippen LogP contribution is 2.43. The first-order valence-electron chi connectivity index (χ1n) is 9.49. The van der Waals surface area contributed by atoms with Gasteiger partial charge >= 0.3 is 5.82 Å². The number of fused-ring (bicyclic) bond motifs is 1. The Morgan fingerprint density at radius 2 is 2.18 bits per heavy atom. The second-order valence-corrected chi connectivity index (χ2v) is 8.02. The van der Waals surface area contributed by atoms with E-state index >= 15 is 0 Å². The minimum atomic E-state index is -0.360. The van der Waals surface area contributed by atoms with Gasteiger partial charge in [-0.2, -0.15) is 14.5 Å². The Bertz CT molecular complexity index is 1040. The summed E-state index contributed by atoms with van der Waals surface area (Å²) in [5.41, 5.74) is 2.38. The number of pyridine rings is 1. The molecule has 4 rings (SSSR count). The molecule has 8 nitrogen and oxygen atoms in total. The molecule has 1 unspecified atom stereocenters. The van der Waals surface area contributed by atoms with Crippen molar-refractivity contribution in [1.29, 1.82) is 0 Å². The van der Waals surface area contributed by atoms with Crippen LogP contribution in [0.4, 0.5) is 11.6 Å². The molecule has 1 aliphatic rings. The molecule has 3 aromatic heterocycles. The van der Waals surface area contributed by atoms with E-state index < -0.39 is 0 Å². The molecule has 1 atom stereocenters. The summed E-state index contributed by atoms with van der Waals surface area (Å²) in [5, 5.41) is 17.1. The molecular weight excluding hydrogens is 380 g/mol. The highest BCUT2D eigenvalue weighted by molar-refractivity contribution is 6.30. The molecule has 1 fully saturated rings. The van der Waals surface area contributed by atoms with Crippen LogP contribution in [0.15, 0.2) is 24.4 Å². The van der Waals surface area contributed by atoms with Gasteiger partial charge in [0.25, 0.3) is 0 Å². The SMILES string of the molecule is Cc1nn(CC(C)C)c(Cl)c1C1CCCN1c1nc2ccccn2c1[N+](=O)[O-]. The normalized spacial score (nSPS) is 17.2. The fourth-order valence-corrected chi connectivity index (χ4v) is 4.44. The maximum atomic E-state index is 11.8. The van der Waals surface area contributed by atoms with Gasteiger partial charge in [-0.3, -0.25) is 4.68 Å². The van der Waals surface area contributed by atoms with Crippen LogP contribution >= 0.6 is 11.6 Å². The van der Waals surface area contributed by atoms with Crippen LogP contribution < -0.4 is 4.90 Å². The number of anilines is 1. The molecule has 0 bridgehead atoms. The van der Waals surface area contributed by atoms with Crippen molar-refractivity contribution in [1.82, 2.24) is 19.2 Å². The van der Waals surface area contributed by atoms with E-state index in [9.17, 15) is 10.1 Å². The monoisotopic (exact) mass is 402 g/mol. The first-order valence-corrected chi connectivity index (χ1v) is 9.87. The molecule has 0 aliphatic carbocycles. The van der Waals surface area contributed by atoms with Gasteiger partial charge in [-0.1, -0.05) is 31.5 Å². The topological polar surface area (TPSA) is 81.5 Å². The third-order valence-electron chi connectivity index (χ3n) is 5.17. The Hall–Kier alpha value is -2.61. The van der Waals surface area contributed by atoms with Crippen LogP contribution in [-0.2, 0) is 6.54 Å². The maximum Gasteiger partial charge on any atom is 0.372 e. The number of rotatable bonds is 5. The van der Waals surface area contributed by atoms with Gasteiger partial charge in [0.2, 0.25) is 11.5 Å². The molecule has 28 heavy (non-hydrogen) atoms. The second kappa shape index (κ2) is 7.09. The Morgan fingerprint density at radius 1 is 1.39 bits per heavy atom. The second-order valence-electron chi connectivity index (χ2n) is 7.66. The van der Waals surface area contributed by atoms with Gasteiger partial charge in [0.15, 0.2) is 0 Å². The minimum absolute atomic E-state index is 0.00847. The highest BCUT2D eigenvalue weighted by Gasteiger charge is 2.37. The maximum absolute atomic E-state index is 11.8. The van der Waals surface area contributed by atoms with Crippen molar-refractivity contribution in [2.75, 3.05) is 11.4 Å². The van der Waals surface area contributed by atoms with Gasteiger partial charge in [0, 0.05) is 24.7 Å². The van der Waals surface area contributed by atoms with Crippen LogP contribution in [-0.4, -0.2) is 30.6 Å². The van der Waals surface area contributed by atoms with E-state index in [1.807, 2.05) is 22.6 Å². The Kier molecular flexibility index (Phi) is 4.74. The summed E-state index contributed by atoms with van der Waals surface area (Å²) in [6.45, 7) is 7.62. The van der Waals surface area contributed by atoms with E-state index in [1.54, 1.807) is 18.3 Å². The van der Waals surface area contributed by atoms with Crippen LogP contribution in [0.1, 0.15) is 44.0 Å².